The van der Waals surface area contributed by atoms with Crippen molar-refractivity contribution in [2.45, 2.75) is 19.8 Å². The molecule has 0 saturated heterocycles. The Balaban J connectivity index is 2.73. The highest BCUT2D eigenvalue weighted by atomic mass is 79.9. The van der Waals surface area contributed by atoms with Crippen molar-refractivity contribution in [1.29, 1.82) is 0 Å². The van der Waals surface area contributed by atoms with Crippen LogP contribution in [0.15, 0.2) is 28.7 Å². The van der Waals surface area contributed by atoms with E-state index in [0.29, 0.717) is 10.2 Å². The average Bonchev–Trinajstić information content (AvgIpc) is 2.67. The maximum Gasteiger partial charge on any atom is 0.357 e. The summed E-state index contributed by atoms with van der Waals surface area (Å²) in [7, 11) is 0. The van der Waals surface area contributed by atoms with Gasteiger partial charge in [0.1, 0.15) is 11.5 Å². The number of hydrogen-bond donors (Lipinski definition) is 1. The lowest BCUT2D eigenvalue weighted by Crippen LogP contribution is -2.06. The van der Waals surface area contributed by atoms with Crippen molar-refractivity contribution < 1.29 is 14.3 Å². The Kier molecular flexibility index (Phi) is 3.71. The summed E-state index contributed by atoms with van der Waals surface area (Å²) in [6, 6.07) is 6.13. The molecular formula is C13H12BrFN2O2. The molecule has 0 aliphatic carbocycles. The van der Waals surface area contributed by atoms with Crippen LogP contribution in [0, 0.1) is 5.82 Å². The molecule has 100 valence electrons. The molecule has 0 aliphatic rings. The van der Waals surface area contributed by atoms with Crippen LogP contribution in [0.2, 0.25) is 0 Å². The molecule has 1 aromatic carbocycles. The third-order valence-electron chi connectivity index (χ3n) is 2.69. The van der Waals surface area contributed by atoms with Gasteiger partial charge in [0.05, 0.1) is 10.2 Å². The number of carboxylic acid groups (broad SMARTS) is 1. The van der Waals surface area contributed by atoms with Gasteiger partial charge in [0.25, 0.3) is 0 Å². The molecule has 6 heteroatoms. The van der Waals surface area contributed by atoms with Crippen LogP contribution in [-0.2, 0) is 0 Å². The summed E-state index contributed by atoms with van der Waals surface area (Å²) in [6.45, 7) is 3.79. The molecule has 1 N–H and O–H groups in total. The third kappa shape index (κ3) is 2.40. The van der Waals surface area contributed by atoms with E-state index in [1.165, 1.54) is 10.7 Å². The third-order valence-corrected chi connectivity index (χ3v) is 3.47. The Morgan fingerprint density at radius 2 is 2.05 bits per heavy atom. The van der Waals surface area contributed by atoms with Gasteiger partial charge in [-0.1, -0.05) is 26.0 Å². The first-order chi connectivity index (χ1) is 8.93. The lowest BCUT2D eigenvalue weighted by molar-refractivity contribution is 0.0689. The lowest BCUT2D eigenvalue weighted by Gasteiger charge is -2.11. The first kappa shape index (κ1) is 13.7. The first-order valence-electron chi connectivity index (χ1n) is 5.70. The van der Waals surface area contributed by atoms with Crippen LogP contribution in [0.3, 0.4) is 0 Å². The van der Waals surface area contributed by atoms with Gasteiger partial charge in [0, 0.05) is 0 Å². The predicted molar refractivity (Wildman–Crippen MR) is 72.3 cm³/mol. The second kappa shape index (κ2) is 5.13. The number of halogens is 2. The van der Waals surface area contributed by atoms with E-state index in [1.54, 1.807) is 18.2 Å². The molecular weight excluding hydrogens is 315 g/mol. The van der Waals surface area contributed by atoms with Gasteiger partial charge in [-0.25, -0.2) is 13.9 Å². The topological polar surface area (TPSA) is 55.1 Å². The number of carbonyl (C=O) groups is 1. The summed E-state index contributed by atoms with van der Waals surface area (Å²) >= 11 is 3.24. The molecule has 0 unspecified atom stereocenters. The summed E-state index contributed by atoms with van der Waals surface area (Å²) in [6.07, 6.45) is 0. The van der Waals surface area contributed by atoms with Crippen molar-refractivity contribution in [3.05, 3.63) is 45.9 Å². The molecule has 1 heterocycles. The molecule has 0 fully saturated rings. The molecule has 0 radical (unpaired) electrons. The van der Waals surface area contributed by atoms with Crippen LogP contribution in [0.5, 0.6) is 0 Å². The first-order valence-corrected chi connectivity index (χ1v) is 6.49. The fraction of sp³-hybridized carbons (Fsp3) is 0.231. The molecule has 0 aliphatic heterocycles. The number of aromatic carboxylic acids is 1. The summed E-state index contributed by atoms with van der Waals surface area (Å²) in [5, 5.41) is 13.1. The standard InChI is InChI=1S/C13H12BrFN2O2/c1-7(2)12-10(14)11(13(18)19)16-17(12)9-6-4-3-5-8(9)15/h3-7H,1-2H3,(H,18,19). The van der Waals surface area contributed by atoms with E-state index < -0.39 is 11.8 Å². The van der Waals surface area contributed by atoms with Crippen molar-refractivity contribution in [2.75, 3.05) is 0 Å². The van der Waals surface area contributed by atoms with Gasteiger partial charge in [-0.2, -0.15) is 5.10 Å². The van der Waals surface area contributed by atoms with E-state index >= 15 is 0 Å². The average molecular weight is 327 g/mol. The lowest BCUT2D eigenvalue weighted by atomic mass is 10.1. The van der Waals surface area contributed by atoms with Crippen LogP contribution in [0.4, 0.5) is 4.39 Å². The molecule has 1 aromatic heterocycles. The Bertz CT molecular complexity index is 638. The number of benzene rings is 1. The highest BCUT2D eigenvalue weighted by Gasteiger charge is 2.24. The minimum absolute atomic E-state index is 0.00502. The van der Waals surface area contributed by atoms with Crippen LogP contribution in [-0.4, -0.2) is 20.9 Å². The van der Waals surface area contributed by atoms with Crippen LogP contribution >= 0.6 is 15.9 Å². The van der Waals surface area contributed by atoms with Gasteiger partial charge in [-0.15, -0.1) is 0 Å². The zero-order valence-electron chi connectivity index (χ0n) is 10.4. The highest BCUT2D eigenvalue weighted by molar-refractivity contribution is 9.10. The predicted octanol–water partition coefficient (Wildman–Crippen LogP) is 3.60. The van der Waals surface area contributed by atoms with Crippen molar-refractivity contribution in [3.63, 3.8) is 0 Å². The van der Waals surface area contributed by atoms with E-state index in [2.05, 4.69) is 21.0 Å². The number of rotatable bonds is 3. The zero-order chi connectivity index (χ0) is 14.2. The SMILES string of the molecule is CC(C)c1c(Br)c(C(=O)O)nn1-c1ccccc1F. The Labute approximate surface area is 118 Å². The summed E-state index contributed by atoms with van der Waals surface area (Å²) in [5.41, 5.74) is 0.744. The van der Waals surface area contributed by atoms with E-state index in [0.717, 1.165) is 0 Å². The maximum atomic E-state index is 13.8. The molecule has 19 heavy (non-hydrogen) atoms. The largest absolute Gasteiger partial charge is 0.476 e. The Morgan fingerprint density at radius 1 is 1.42 bits per heavy atom. The van der Waals surface area contributed by atoms with Crippen molar-refractivity contribution in [3.8, 4) is 5.69 Å². The van der Waals surface area contributed by atoms with E-state index in [4.69, 9.17) is 5.11 Å². The van der Waals surface area contributed by atoms with Gasteiger partial charge < -0.3 is 5.11 Å². The summed E-state index contributed by atoms with van der Waals surface area (Å²) < 4.78 is 15.6. The number of hydrogen-bond acceptors (Lipinski definition) is 2. The quantitative estimate of drug-likeness (QED) is 0.937. The van der Waals surface area contributed by atoms with Crippen molar-refractivity contribution in [2.24, 2.45) is 0 Å². The van der Waals surface area contributed by atoms with Crippen molar-refractivity contribution >= 4 is 21.9 Å². The molecule has 2 aromatic rings. The highest BCUT2D eigenvalue weighted by Crippen LogP contribution is 2.31. The van der Waals surface area contributed by atoms with Crippen molar-refractivity contribution in [1.82, 2.24) is 9.78 Å². The normalized spacial score (nSPS) is 11.0. The molecule has 4 nitrogen and oxygen atoms in total. The number of nitrogens with zero attached hydrogens (tertiary/aromatic N) is 2. The molecule has 2 rings (SSSR count). The smallest absolute Gasteiger partial charge is 0.357 e. The number of carboxylic acids is 1. The fourth-order valence-electron chi connectivity index (χ4n) is 1.85. The van der Waals surface area contributed by atoms with Crippen LogP contribution in [0.25, 0.3) is 5.69 Å². The van der Waals surface area contributed by atoms with Gasteiger partial charge in [0.15, 0.2) is 5.69 Å². The van der Waals surface area contributed by atoms with Gasteiger partial charge >= 0.3 is 5.97 Å². The fourth-order valence-corrected chi connectivity index (χ4v) is 2.73. The van der Waals surface area contributed by atoms with E-state index in [1.807, 2.05) is 13.8 Å². The molecule has 0 atom stereocenters. The Morgan fingerprint density at radius 3 is 2.58 bits per heavy atom. The monoisotopic (exact) mass is 326 g/mol. The second-order valence-corrected chi connectivity index (χ2v) is 5.16. The molecule has 0 saturated carbocycles. The van der Waals surface area contributed by atoms with Gasteiger partial charge in [0.2, 0.25) is 0 Å². The second-order valence-electron chi connectivity index (χ2n) is 4.37. The van der Waals surface area contributed by atoms with Gasteiger partial charge in [-0.3, -0.25) is 0 Å². The minimum atomic E-state index is -1.15. The molecule has 0 bridgehead atoms. The number of para-hydroxylation sites is 1. The maximum absolute atomic E-state index is 13.8. The zero-order valence-corrected chi connectivity index (χ0v) is 12.0. The Hall–Kier alpha value is -1.69. The van der Waals surface area contributed by atoms with E-state index in [9.17, 15) is 9.18 Å². The number of aromatic nitrogens is 2. The van der Waals surface area contributed by atoms with E-state index in [-0.39, 0.29) is 17.3 Å². The summed E-state index contributed by atoms with van der Waals surface area (Å²) in [5.74, 6) is -1.60. The minimum Gasteiger partial charge on any atom is -0.476 e. The molecule has 0 spiro atoms. The summed E-state index contributed by atoms with van der Waals surface area (Å²) in [4.78, 5) is 11.1. The molecule has 0 amide bonds. The van der Waals surface area contributed by atoms with Crippen LogP contribution < -0.4 is 0 Å². The van der Waals surface area contributed by atoms with Crippen LogP contribution in [0.1, 0.15) is 35.9 Å². The van der Waals surface area contributed by atoms with Gasteiger partial charge in [-0.05, 0) is 34.0 Å².